The normalized spacial score (nSPS) is 11.5. The lowest BCUT2D eigenvalue weighted by Gasteiger charge is -2.19. The summed E-state index contributed by atoms with van der Waals surface area (Å²) in [5, 5.41) is 0.245. The van der Waals surface area contributed by atoms with Crippen LogP contribution < -0.4 is 4.74 Å². The van der Waals surface area contributed by atoms with E-state index in [1.54, 1.807) is 0 Å². The Bertz CT molecular complexity index is 1310. The number of hydrogen-bond donors (Lipinski definition) is 0. The molecule has 0 amide bonds. The summed E-state index contributed by atoms with van der Waals surface area (Å²) in [6.07, 6.45) is 2.46. The molecule has 0 saturated carbocycles. The molecule has 4 heteroatoms. The lowest BCUT2D eigenvalue weighted by molar-refractivity contribution is -0.144. The van der Waals surface area contributed by atoms with Crippen molar-refractivity contribution < 1.29 is 14.3 Å². The zero-order valence-corrected chi connectivity index (χ0v) is 22.2. The topological polar surface area (TPSA) is 35.5 Å². The van der Waals surface area contributed by atoms with Gasteiger partial charge in [0.2, 0.25) is 0 Å². The maximum absolute atomic E-state index is 11.8. The minimum absolute atomic E-state index is 0.120. The Morgan fingerprint density at radius 3 is 2.22 bits per heavy atom. The molecule has 188 valence electrons. The van der Waals surface area contributed by atoms with Gasteiger partial charge < -0.3 is 9.47 Å². The number of carbonyl (C=O) groups excluding carboxylic acids is 1. The highest BCUT2D eigenvalue weighted by Gasteiger charge is 2.16. The smallest absolute Gasteiger partial charge is 0.344 e. The monoisotopic (exact) mass is 508 g/mol. The van der Waals surface area contributed by atoms with Gasteiger partial charge in [-0.15, -0.1) is 11.8 Å². The molecule has 0 aliphatic rings. The van der Waals surface area contributed by atoms with E-state index in [1.165, 1.54) is 33.9 Å². The van der Waals surface area contributed by atoms with Crippen LogP contribution in [-0.2, 0) is 16.0 Å². The molecule has 37 heavy (non-hydrogen) atoms. The third kappa shape index (κ3) is 7.61. The van der Waals surface area contributed by atoms with E-state index in [4.69, 9.17) is 9.47 Å². The molecule has 1 unspecified atom stereocenters. The SMILES string of the molecule is C=CCOC(=O)COc1ccc(SC(Cc2ccccc2)c2ccc(-c3ccc(C)cc3)cc2)cc1C. The zero-order valence-electron chi connectivity index (χ0n) is 21.4. The van der Waals surface area contributed by atoms with Crippen LogP contribution in [0.1, 0.15) is 27.5 Å². The summed E-state index contributed by atoms with van der Waals surface area (Å²) in [6.45, 7) is 7.72. The van der Waals surface area contributed by atoms with Crippen LogP contribution in [0.2, 0.25) is 0 Å². The summed E-state index contributed by atoms with van der Waals surface area (Å²) in [5.74, 6) is 0.275. The van der Waals surface area contributed by atoms with Gasteiger partial charge >= 0.3 is 5.97 Å². The number of rotatable bonds is 11. The highest BCUT2D eigenvalue weighted by Crippen LogP contribution is 2.40. The summed E-state index contributed by atoms with van der Waals surface area (Å²) in [7, 11) is 0. The lowest BCUT2D eigenvalue weighted by atomic mass is 9.99. The van der Waals surface area contributed by atoms with Crippen LogP contribution in [0.4, 0.5) is 0 Å². The summed E-state index contributed by atoms with van der Waals surface area (Å²) >= 11 is 1.84. The lowest BCUT2D eigenvalue weighted by Crippen LogP contribution is -2.15. The molecule has 4 aromatic rings. The molecule has 0 spiro atoms. The Hall–Kier alpha value is -3.76. The number of aryl methyl sites for hydroxylation is 2. The minimum atomic E-state index is -0.408. The highest BCUT2D eigenvalue weighted by atomic mass is 32.2. The van der Waals surface area contributed by atoms with E-state index in [2.05, 4.69) is 104 Å². The molecular weight excluding hydrogens is 476 g/mol. The molecule has 0 N–H and O–H groups in total. The van der Waals surface area contributed by atoms with E-state index in [0.717, 1.165) is 16.9 Å². The average Bonchev–Trinajstić information content (AvgIpc) is 2.92. The van der Waals surface area contributed by atoms with Crippen molar-refractivity contribution in [3.63, 3.8) is 0 Å². The highest BCUT2D eigenvalue weighted by molar-refractivity contribution is 7.99. The van der Waals surface area contributed by atoms with E-state index in [9.17, 15) is 4.79 Å². The number of hydrogen-bond acceptors (Lipinski definition) is 4. The van der Waals surface area contributed by atoms with Crippen LogP contribution in [0, 0.1) is 13.8 Å². The van der Waals surface area contributed by atoms with Crippen molar-refractivity contribution in [2.45, 2.75) is 30.4 Å². The number of benzene rings is 4. The van der Waals surface area contributed by atoms with Gasteiger partial charge in [0.15, 0.2) is 6.61 Å². The molecule has 0 aromatic heterocycles. The molecule has 4 rings (SSSR count). The van der Waals surface area contributed by atoms with Crippen molar-refractivity contribution in [1.29, 1.82) is 0 Å². The van der Waals surface area contributed by atoms with Gasteiger partial charge in [-0.05, 0) is 66.3 Å². The van der Waals surface area contributed by atoms with Gasteiger partial charge in [-0.25, -0.2) is 4.79 Å². The third-order valence-electron chi connectivity index (χ3n) is 6.06. The first-order valence-corrected chi connectivity index (χ1v) is 13.3. The van der Waals surface area contributed by atoms with Crippen molar-refractivity contribution in [2.24, 2.45) is 0 Å². The van der Waals surface area contributed by atoms with E-state index in [-0.39, 0.29) is 18.5 Å². The third-order valence-corrected chi connectivity index (χ3v) is 7.31. The first-order valence-electron chi connectivity index (χ1n) is 12.4. The zero-order chi connectivity index (χ0) is 26.0. The molecule has 0 aliphatic carbocycles. The second kappa shape index (κ2) is 13.0. The van der Waals surface area contributed by atoms with Crippen molar-refractivity contribution in [1.82, 2.24) is 0 Å². The largest absolute Gasteiger partial charge is 0.482 e. The summed E-state index contributed by atoms with van der Waals surface area (Å²) in [4.78, 5) is 12.9. The first kappa shape index (κ1) is 26.3. The fraction of sp³-hybridized carbons (Fsp3) is 0.182. The predicted octanol–water partition coefficient (Wildman–Crippen LogP) is 8.15. The second-order valence-corrected chi connectivity index (χ2v) is 10.2. The van der Waals surface area contributed by atoms with Crippen molar-refractivity contribution in [2.75, 3.05) is 13.2 Å². The summed E-state index contributed by atoms with van der Waals surface area (Å²) in [5.41, 5.74) is 7.28. The Morgan fingerprint density at radius 2 is 1.57 bits per heavy atom. The van der Waals surface area contributed by atoms with Crippen LogP contribution in [0.3, 0.4) is 0 Å². The number of esters is 1. The summed E-state index contributed by atoms with van der Waals surface area (Å²) < 4.78 is 10.7. The van der Waals surface area contributed by atoms with Crippen LogP contribution in [0.15, 0.2) is 115 Å². The average molecular weight is 509 g/mol. The van der Waals surface area contributed by atoms with E-state index < -0.39 is 5.97 Å². The molecule has 0 bridgehead atoms. The van der Waals surface area contributed by atoms with Crippen LogP contribution >= 0.6 is 11.8 Å². The van der Waals surface area contributed by atoms with Crippen molar-refractivity contribution in [3.05, 3.63) is 132 Å². The maximum Gasteiger partial charge on any atom is 0.344 e. The predicted molar refractivity (Wildman–Crippen MR) is 153 cm³/mol. The summed E-state index contributed by atoms with van der Waals surface area (Å²) in [6, 6.07) is 34.3. The van der Waals surface area contributed by atoms with Crippen molar-refractivity contribution >= 4 is 17.7 Å². The minimum Gasteiger partial charge on any atom is -0.482 e. The standard InChI is InChI=1S/C33H32O3S/c1-4-20-35-33(34)23-36-31-19-18-30(21-25(31)3)37-32(22-26-8-6-5-7-9-26)29-16-14-28(15-17-29)27-12-10-24(2)11-13-27/h4-19,21,32H,1,20,22-23H2,2-3H3. The van der Waals surface area contributed by atoms with Gasteiger partial charge in [0.05, 0.1) is 0 Å². The van der Waals surface area contributed by atoms with Gasteiger partial charge in [0.25, 0.3) is 0 Å². The van der Waals surface area contributed by atoms with E-state index >= 15 is 0 Å². The fourth-order valence-corrected chi connectivity index (χ4v) is 5.33. The van der Waals surface area contributed by atoms with Crippen LogP contribution in [-0.4, -0.2) is 19.2 Å². The first-order chi connectivity index (χ1) is 18.0. The van der Waals surface area contributed by atoms with Gasteiger partial charge in [-0.3, -0.25) is 0 Å². The Labute approximate surface area is 224 Å². The van der Waals surface area contributed by atoms with Gasteiger partial charge in [0.1, 0.15) is 12.4 Å². The Kier molecular flexibility index (Phi) is 9.23. The van der Waals surface area contributed by atoms with Crippen LogP contribution in [0.25, 0.3) is 11.1 Å². The molecule has 4 aromatic carbocycles. The molecule has 0 radical (unpaired) electrons. The van der Waals surface area contributed by atoms with Gasteiger partial charge in [-0.1, -0.05) is 97.1 Å². The Morgan fingerprint density at radius 1 is 0.892 bits per heavy atom. The number of ether oxygens (including phenoxy) is 2. The Balaban J connectivity index is 1.51. The molecular formula is C33H32O3S. The van der Waals surface area contributed by atoms with Gasteiger partial charge in [0, 0.05) is 10.1 Å². The molecule has 0 heterocycles. The maximum atomic E-state index is 11.8. The van der Waals surface area contributed by atoms with Gasteiger partial charge in [-0.2, -0.15) is 0 Å². The fourth-order valence-electron chi connectivity index (χ4n) is 4.04. The molecule has 0 fully saturated rings. The molecule has 0 saturated heterocycles. The molecule has 3 nitrogen and oxygen atoms in total. The molecule has 0 aliphatic heterocycles. The second-order valence-electron chi connectivity index (χ2n) is 8.97. The van der Waals surface area contributed by atoms with Crippen LogP contribution in [0.5, 0.6) is 5.75 Å². The van der Waals surface area contributed by atoms with E-state index in [0.29, 0.717) is 5.75 Å². The number of carbonyl (C=O) groups is 1. The quantitative estimate of drug-likeness (QED) is 0.116. The van der Waals surface area contributed by atoms with E-state index in [1.807, 2.05) is 24.8 Å². The molecule has 1 atom stereocenters. The van der Waals surface area contributed by atoms with Crippen molar-refractivity contribution in [3.8, 4) is 16.9 Å². The number of thioether (sulfide) groups is 1.